The van der Waals surface area contributed by atoms with Gasteiger partial charge in [0.2, 0.25) is 0 Å². The van der Waals surface area contributed by atoms with E-state index in [0.717, 1.165) is 16.7 Å². The lowest BCUT2D eigenvalue weighted by Crippen LogP contribution is -2.44. The maximum Gasteiger partial charge on any atom is 0.411 e. The number of amides is 2. The third kappa shape index (κ3) is 6.79. The largest absolute Gasteiger partial charge is 0.493 e. The Hall–Kier alpha value is -4.70. The molecule has 1 aliphatic rings. The minimum atomic E-state index is -0.758. The number of ether oxygens (including phenoxy) is 3. The predicted molar refractivity (Wildman–Crippen MR) is 145 cm³/mol. The number of rotatable bonds is 10. The lowest BCUT2D eigenvalue weighted by Gasteiger charge is -2.34. The number of hydrogen-bond acceptors (Lipinski definition) is 8. The number of methoxy groups -OCH3 is 1. The minimum Gasteiger partial charge on any atom is -0.493 e. The molecule has 10 nitrogen and oxygen atoms in total. The van der Waals surface area contributed by atoms with Gasteiger partial charge in [-0.1, -0.05) is 49.1 Å². The molecule has 0 bridgehead atoms. The highest BCUT2D eigenvalue weighted by atomic mass is 16.5. The van der Waals surface area contributed by atoms with Crippen LogP contribution in [0.1, 0.15) is 27.9 Å². The quantitative estimate of drug-likeness (QED) is 0.376. The first-order valence-corrected chi connectivity index (χ1v) is 12.3. The fraction of sp³-hybridized carbons (Fsp3) is 0.241. The molecule has 39 heavy (non-hydrogen) atoms. The number of carbonyl (C=O) groups excluding carboxylic acids is 2. The van der Waals surface area contributed by atoms with E-state index < -0.39 is 18.0 Å². The third-order valence-corrected chi connectivity index (χ3v) is 6.14. The normalized spacial score (nSPS) is 14.7. The molecular formula is C29H30N4O6. The first kappa shape index (κ1) is 27.3. The van der Waals surface area contributed by atoms with Crippen molar-refractivity contribution in [3.63, 3.8) is 0 Å². The first-order chi connectivity index (χ1) is 19.0. The van der Waals surface area contributed by atoms with E-state index in [0.29, 0.717) is 24.5 Å². The van der Waals surface area contributed by atoms with Crippen LogP contribution in [0.4, 0.5) is 10.5 Å². The molecule has 1 atom stereocenters. The lowest BCUT2D eigenvalue weighted by atomic mass is 9.97. The molecule has 0 fully saturated rings. The molecule has 10 heteroatoms. The van der Waals surface area contributed by atoms with Gasteiger partial charge in [0.05, 0.1) is 31.0 Å². The summed E-state index contributed by atoms with van der Waals surface area (Å²) in [6, 6.07) is 12.0. The van der Waals surface area contributed by atoms with Crippen LogP contribution >= 0.6 is 0 Å². The molecule has 0 aliphatic carbocycles. The van der Waals surface area contributed by atoms with E-state index >= 15 is 0 Å². The second-order valence-corrected chi connectivity index (χ2v) is 8.65. The number of nitrogens with zero attached hydrogens (tertiary/aromatic N) is 3. The topological polar surface area (TPSA) is 123 Å². The van der Waals surface area contributed by atoms with Gasteiger partial charge in [-0.25, -0.2) is 14.8 Å². The number of anilines is 1. The molecule has 0 spiro atoms. The average molecular weight is 531 g/mol. The molecule has 202 valence electrons. The molecule has 3 aromatic rings. The van der Waals surface area contributed by atoms with Crippen molar-refractivity contribution in [2.75, 3.05) is 32.2 Å². The van der Waals surface area contributed by atoms with Crippen LogP contribution in [0.15, 0.2) is 79.9 Å². The van der Waals surface area contributed by atoms with E-state index in [1.165, 1.54) is 31.6 Å². The molecule has 2 heterocycles. The zero-order valence-corrected chi connectivity index (χ0v) is 21.6. The van der Waals surface area contributed by atoms with Crippen LogP contribution in [-0.2, 0) is 11.3 Å². The number of aliphatic hydroxyl groups is 1. The Morgan fingerprint density at radius 1 is 1.18 bits per heavy atom. The van der Waals surface area contributed by atoms with Gasteiger partial charge in [0.25, 0.3) is 5.91 Å². The van der Waals surface area contributed by atoms with Gasteiger partial charge in [-0.3, -0.25) is 10.1 Å². The van der Waals surface area contributed by atoms with Crippen molar-refractivity contribution in [2.45, 2.75) is 19.1 Å². The standard InChI is InChI=1S/C29H30N4O6/c1-3-11-38-29(36)32-25-14-27(39-18-20-7-5-4-6-8-20)26(37-2)13-24(25)28(35)33-10-9-21(12-23(33)17-34)22-15-30-19-31-16-22/h3-8,12-16,19,23,34H,1,9-11,17-18H2,2H3,(H,32,36)/t23-/m0/s1. The highest BCUT2D eigenvalue weighted by molar-refractivity contribution is 6.04. The number of aliphatic hydroxyl groups excluding tert-OH is 1. The number of hydrogen-bond donors (Lipinski definition) is 2. The van der Waals surface area contributed by atoms with E-state index in [9.17, 15) is 14.7 Å². The van der Waals surface area contributed by atoms with Crippen molar-refractivity contribution in [3.8, 4) is 11.5 Å². The smallest absolute Gasteiger partial charge is 0.411 e. The predicted octanol–water partition coefficient (Wildman–Crippen LogP) is 4.09. The van der Waals surface area contributed by atoms with Crippen LogP contribution in [0.3, 0.4) is 0 Å². The van der Waals surface area contributed by atoms with Gasteiger partial charge >= 0.3 is 6.09 Å². The van der Waals surface area contributed by atoms with E-state index in [1.54, 1.807) is 17.3 Å². The van der Waals surface area contributed by atoms with Crippen molar-refractivity contribution >= 4 is 23.3 Å². The van der Waals surface area contributed by atoms with Crippen molar-refractivity contribution < 1.29 is 28.9 Å². The molecule has 1 aliphatic heterocycles. The summed E-state index contributed by atoms with van der Waals surface area (Å²) in [6.07, 6.45) is 7.89. The molecule has 0 radical (unpaired) electrons. The Labute approximate surface area is 226 Å². The van der Waals surface area contributed by atoms with Crippen molar-refractivity contribution in [1.29, 1.82) is 0 Å². The maximum absolute atomic E-state index is 13.8. The summed E-state index contributed by atoms with van der Waals surface area (Å²) in [5.74, 6) is 0.246. The van der Waals surface area contributed by atoms with Crippen LogP contribution < -0.4 is 14.8 Å². The Bertz CT molecular complexity index is 1330. The maximum atomic E-state index is 13.8. The Balaban J connectivity index is 1.66. The van der Waals surface area contributed by atoms with Crippen molar-refractivity contribution in [1.82, 2.24) is 14.9 Å². The van der Waals surface area contributed by atoms with Crippen LogP contribution in [-0.4, -0.2) is 64.9 Å². The first-order valence-electron chi connectivity index (χ1n) is 12.3. The summed E-state index contributed by atoms with van der Waals surface area (Å²) in [5.41, 5.74) is 3.04. The molecule has 0 saturated carbocycles. The second-order valence-electron chi connectivity index (χ2n) is 8.65. The number of carbonyl (C=O) groups is 2. The summed E-state index contributed by atoms with van der Waals surface area (Å²) in [5, 5.41) is 12.8. The second kappa shape index (κ2) is 13.2. The van der Waals surface area contributed by atoms with Gasteiger partial charge in [-0.2, -0.15) is 0 Å². The molecule has 2 aromatic carbocycles. The van der Waals surface area contributed by atoms with E-state index in [4.69, 9.17) is 14.2 Å². The number of benzene rings is 2. The molecular weight excluding hydrogens is 500 g/mol. The Kier molecular flexibility index (Phi) is 9.25. The van der Waals surface area contributed by atoms with E-state index in [1.807, 2.05) is 36.4 Å². The Morgan fingerprint density at radius 2 is 1.95 bits per heavy atom. The molecule has 0 unspecified atom stereocenters. The van der Waals surface area contributed by atoms with Gasteiger partial charge < -0.3 is 24.2 Å². The summed E-state index contributed by atoms with van der Waals surface area (Å²) >= 11 is 0. The zero-order chi connectivity index (χ0) is 27.6. The molecule has 1 aromatic heterocycles. The minimum absolute atomic E-state index is 0.00187. The van der Waals surface area contributed by atoms with Crippen LogP contribution in [0.2, 0.25) is 0 Å². The third-order valence-electron chi connectivity index (χ3n) is 6.14. The fourth-order valence-electron chi connectivity index (χ4n) is 4.20. The average Bonchev–Trinajstić information content (AvgIpc) is 2.99. The SMILES string of the molecule is C=CCOC(=O)Nc1cc(OCc2ccccc2)c(OC)cc1C(=O)N1CCC(c2cncnc2)=C[C@H]1CO. The van der Waals surface area contributed by atoms with Gasteiger partial charge in [-0.15, -0.1) is 0 Å². The molecule has 0 saturated heterocycles. The van der Waals surface area contributed by atoms with Crippen LogP contribution in [0.25, 0.3) is 5.57 Å². The van der Waals surface area contributed by atoms with Crippen LogP contribution in [0.5, 0.6) is 11.5 Å². The van der Waals surface area contributed by atoms with Crippen molar-refractivity contribution in [2.24, 2.45) is 0 Å². The van der Waals surface area contributed by atoms with Crippen molar-refractivity contribution in [3.05, 3.63) is 96.6 Å². The van der Waals surface area contributed by atoms with E-state index in [-0.39, 0.29) is 31.1 Å². The zero-order valence-electron chi connectivity index (χ0n) is 21.6. The highest BCUT2D eigenvalue weighted by Crippen LogP contribution is 2.36. The van der Waals surface area contributed by atoms with Gasteiger partial charge in [0.15, 0.2) is 11.5 Å². The summed E-state index contributed by atoms with van der Waals surface area (Å²) in [4.78, 5) is 36.0. The monoisotopic (exact) mass is 530 g/mol. The Morgan fingerprint density at radius 3 is 2.64 bits per heavy atom. The van der Waals surface area contributed by atoms with Gasteiger partial charge in [0.1, 0.15) is 19.5 Å². The molecule has 2 N–H and O–H groups in total. The van der Waals surface area contributed by atoms with E-state index in [2.05, 4.69) is 21.9 Å². The number of nitrogens with one attached hydrogen (secondary N) is 1. The summed E-state index contributed by atoms with van der Waals surface area (Å²) in [7, 11) is 1.47. The summed E-state index contributed by atoms with van der Waals surface area (Å²) < 4.78 is 16.6. The van der Waals surface area contributed by atoms with Gasteiger partial charge in [-0.05, 0) is 23.6 Å². The van der Waals surface area contributed by atoms with Gasteiger partial charge in [0, 0.05) is 30.6 Å². The van der Waals surface area contributed by atoms with Crippen LogP contribution in [0, 0.1) is 0 Å². The molecule has 2 amide bonds. The molecule has 4 rings (SSSR count). The fourth-order valence-corrected chi connectivity index (χ4v) is 4.20. The summed E-state index contributed by atoms with van der Waals surface area (Å²) in [6.45, 7) is 3.84. The number of aromatic nitrogens is 2. The lowest BCUT2D eigenvalue weighted by molar-refractivity contribution is 0.0648. The highest BCUT2D eigenvalue weighted by Gasteiger charge is 2.30.